The van der Waals surface area contributed by atoms with Crippen molar-refractivity contribution in [1.29, 1.82) is 0 Å². The van der Waals surface area contributed by atoms with Crippen molar-refractivity contribution in [1.82, 2.24) is 0 Å². The van der Waals surface area contributed by atoms with E-state index >= 15 is 0 Å². The second kappa shape index (κ2) is 8.26. The predicted octanol–water partition coefficient (Wildman–Crippen LogP) is 4.91. The van der Waals surface area contributed by atoms with Gasteiger partial charge in [-0.15, -0.1) is 0 Å². The molecule has 4 rings (SSSR count). The molecule has 3 aromatic carbocycles. The maximum absolute atomic E-state index is 14.0. The number of aryl methyl sites for hydroxylation is 1. The lowest BCUT2D eigenvalue weighted by molar-refractivity contribution is -0.132. The monoisotopic (exact) mass is 435 g/mol. The number of aliphatic hydroxyl groups is 1. The lowest BCUT2D eigenvalue weighted by Gasteiger charge is -2.26. The summed E-state index contributed by atoms with van der Waals surface area (Å²) in [7, 11) is 1.34. The SMILES string of the molecule is COc1ccc(F)cc1/C(O)=C1\C(=O)C(=O)N(c2ccccc2C)C1c1ccc(F)cc1. The number of nitrogens with zero attached hydrogens (tertiary/aromatic N) is 1. The largest absolute Gasteiger partial charge is 0.507 e. The van der Waals surface area contributed by atoms with E-state index in [-0.39, 0.29) is 16.9 Å². The number of hydrogen-bond donors (Lipinski definition) is 1. The van der Waals surface area contributed by atoms with Gasteiger partial charge in [-0.1, -0.05) is 30.3 Å². The number of carbonyl (C=O) groups excluding carboxylic acids is 2. The van der Waals surface area contributed by atoms with Crippen molar-refractivity contribution < 1.29 is 28.2 Å². The third-order valence-electron chi connectivity index (χ3n) is 5.42. The summed E-state index contributed by atoms with van der Waals surface area (Å²) in [6, 6.07) is 14.7. The van der Waals surface area contributed by atoms with Crippen molar-refractivity contribution >= 4 is 23.1 Å². The van der Waals surface area contributed by atoms with Crippen LogP contribution in [0.2, 0.25) is 0 Å². The molecule has 7 heteroatoms. The third-order valence-corrected chi connectivity index (χ3v) is 5.42. The molecule has 162 valence electrons. The van der Waals surface area contributed by atoms with E-state index in [0.29, 0.717) is 11.3 Å². The van der Waals surface area contributed by atoms with Crippen LogP contribution in [0, 0.1) is 18.6 Å². The van der Waals surface area contributed by atoms with Crippen LogP contribution in [-0.4, -0.2) is 23.9 Å². The number of aliphatic hydroxyl groups excluding tert-OH is 1. The smallest absolute Gasteiger partial charge is 0.300 e. The molecule has 3 aromatic rings. The summed E-state index contributed by atoms with van der Waals surface area (Å²) in [5.74, 6) is -3.39. The molecular weight excluding hydrogens is 416 g/mol. The van der Waals surface area contributed by atoms with E-state index < -0.39 is 35.1 Å². The molecule has 1 aliphatic rings. The second-order valence-corrected chi connectivity index (χ2v) is 7.35. The fourth-order valence-corrected chi connectivity index (χ4v) is 3.89. The summed E-state index contributed by atoms with van der Waals surface area (Å²) in [6.45, 7) is 1.78. The summed E-state index contributed by atoms with van der Waals surface area (Å²) in [4.78, 5) is 27.5. The number of Topliss-reactive ketones (excluding diaryl/α,β-unsaturated/α-hetero) is 1. The molecule has 1 saturated heterocycles. The van der Waals surface area contributed by atoms with Crippen LogP contribution in [0.3, 0.4) is 0 Å². The van der Waals surface area contributed by atoms with E-state index in [1.165, 1.54) is 42.3 Å². The Kier molecular flexibility index (Phi) is 5.48. The Balaban J connectivity index is 2.01. The molecule has 1 N–H and O–H groups in total. The van der Waals surface area contributed by atoms with E-state index in [9.17, 15) is 23.5 Å². The van der Waals surface area contributed by atoms with Gasteiger partial charge in [0.15, 0.2) is 0 Å². The molecular formula is C25H19F2NO4. The van der Waals surface area contributed by atoms with Gasteiger partial charge in [-0.2, -0.15) is 0 Å². The van der Waals surface area contributed by atoms with Gasteiger partial charge in [-0.05, 0) is 54.4 Å². The number of halogens is 2. The quantitative estimate of drug-likeness (QED) is 0.359. The number of para-hydroxylation sites is 1. The molecule has 1 heterocycles. The molecule has 1 amide bonds. The Morgan fingerprint density at radius 2 is 1.62 bits per heavy atom. The van der Waals surface area contributed by atoms with Crippen LogP contribution < -0.4 is 9.64 Å². The predicted molar refractivity (Wildman–Crippen MR) is 115 cm³/mol. The van der Waals surface area contributed by atoms with Crippen LogP contribution in [0.15, 0.2) is 72.3 Å². The van der Waals surface area contributed by atoms with Gasteiger partial charge < -0.3 is 9.84 Å². The molecule has 1 aliphatic heterocycles. The standard InChI is InChI=1S/C25H19F2NO4/c1-14-5-3-4-6-19(14)28-22(15-7-9-16(26)10-8-15)21(24(30)25(28)31)23(29)18-13-17(27)11-12-20(18)32-2/h3-13,22,29H,1-2H3/b23-21+. The molecule has 5 nitrogen and oxygen atoms in total. The van der Waals surface area contributed by atoms with Gasteiger partial charge in [0, 0.05) is 5.69 Å². The Labute approximate surface area is 183 Å². The van der Waals surface area contributed by atoms with Gasteiger partial charge in [0.25, 0.3) is 11.7 Å². The van der Waals surface area contributed by atoms with Crippen molar-refractivity contribution in [3.63, 3.8) is 0 Å². The molecule has 0 bridgehead atoms. The molecule has 0 aromatic heterocycles. The first-order chi connectivity index (χ1) is 15.3. The highest BCUT2D eigenvalue weighted by Gasteiger charge is 2.47. The van der Waals surface area contributed by atoms with Gasteiger partial charge in [0.05, 0.1) is 24.3 Å². The molecule has 1 atom stereocenters. The topological polar surface area (TPSA) is 66.8 Å². The number of benzene rings is 3. The van der Waals surface area contributed by atoms with Crippen LogP contribution in [0.1, 0.15) is 22.7 Å². The molecule has 0 saturated carbocycles. The second-order valence-electron chi connectivity index (χ2n) is 7.35. The summed E-state index contributed by atoms with van der Waals surface area (Å²) in [6.07, 6.45) is 0. The fraction of sp³-hybridized carbons (Fsp3) is 0.120. The first-order valence-electron chi connectivity index (χ1n) is 9.79. The maximum atomic E-state index is 14.0. The van der Waals surface area contributed by atoms with Gasteiger partial charge in [-0.25, -0.2) is 8.78 Å². The number of amides is 1. The van der Waals surface area contributed by atoms with Crippen LogP contribution >= 0.6 is 0 Å². The molecule has 32 heavy (non-hydrogen) atoms. The van der Waals surface area contributed by atoms with Gasteiger partial charge in [-0.3, -0.25) is 14.5 Å². The summed E-state index contributed by atoms with van der Waals surface area (Å²) in [5, 5.41) is 11.1. The molecule has 1 unspecified atom stereocenters. The van der Waals surface area contributed by atoms with Crippen LogP contribution in [0.25, 0.3) is 5.76 Å². The number of hydrogen-bond acceptors (Lipinski definition) is 4. The van der Waals surface area contributed by atoms with Gasteiger partial charge in [0.2, 0.25) is 0 Å². The lowest BCUT2D eigenvalue weighted by atomic mass is 9.94. The Morgan fingerprint density at radius 1 is 0.969 bits per heavy atom. The molecule has 0 aliphatic carbocycles. The number of ether oxygens (including phenoxy) is 1. The van der Waals surface area contributed by atoms with Crippen molar-refractivity contribution in [2.75, 3.05) is 12.0 Å². The Morgan fingerprint density at radius 3 is 2.28 bits per heavy atom. The highest BCUT2D eigenvalue weighted by Crippen LogP contribution is 2.44. The number of anilines is 1. The van der Waals surface area contributed by atoms with Crippen molar-refractivity contribution in [3.8, 4) is 5.75 Å². The number of methoxy groups -OCH3 is 1. The average Bonchev–Trinajstić information content (AvgIpc) is 3.04. The minimum Gasteiger partial charge on any atom is -0.507 e. The Hall–Kier alpha value is -4.00. The number of ketones is 1. The molecule has 0 spiro atoms. The summed E-state index contributed by atoms with van der Waals surface area (Å²) >= 11 is 0. The van der Waals surface area contributed by atoms with E-state index in [4.69, 9.17) is 4.74 Å². The number of rotatable bonds is 4. The lowest BCUT2D eigenvalue weighted by Crippen LogP contribution is -2.30. The van der Waals surface area contributed by atoms with Gasteiger partial charge >= 0.3 is 0 Å². The molecule has 0 radical (unpaired) electrons. The van der Waals surface area contributed by atoms with E-state index in [2.05, 4.69) is 0 Å². The first-order valence-corrected chi connectivity index (χ1v) is 9.79. The minimum atomic E-state index is -1.05. The average molecular weight is 435 g/mol. The van der Waals surface area contributed by atoms with Crippen LogP contribution in [0.5, 0.6) is 5.75 Å². The Bertz CT molecular complexity index is 1250. The van der Waals surface area contributed by atoms with Crippen molar-refractivity contribution in [2.45, 2.75) is 13.0 Å². The highest BCUT2D eigenvalue weighted by atomic mass is 19.1. The van der Waals surface area contributed by atoms with E-state index in [1.54, 1.807) is 31.2 Å². The zero-order valence-electron chi connectivity index (χ0n) is 17.3. The third kappa shape index (κ3) is 3.51. The zero-order valence-corrected chi connectivity index (χ0v) is 17.3. The van der Waals surface area contributed by atoms with Crippen molar-refractivity contribution in [2.24, 2.45) is 0 Å². The summed E-state index contributed by atoms with van der Waals surface area (Å²) in [5.41, 5.74) is 1.29. The first kappa shape index (κ1) is 21.2. The normalized spacial score (nSPS) is 17.6. The number of carbonyl (C=O) groups is 2. The summed E-state index contributed by atoms with van der Waals surface area (Å²) < 4.78 is 32.8. The van der Waals surface area contributed by atoms with E-state index in [0.717, 1.165) is 17.7 Å². The zero-order chi connectivity index (χ0) is 23.0. The van der Waals surface area contributed by atoms with Gasteiger partial charge in [0.1, 0.15) is 23.1 Å². The van der Waals surface area contributed by atoms with Crippen LogP contribution in [-0.2, 0) is 9.59 Å². The van der Waals surface area contributed by atoms with Crippen LogP contribution in [0.4, 0.5) is 14.5 Å². The van der Waals surface area contributed by atoms with Crippen molar-refractivity contribution in [3.05, 3.63) is 101 Å². The fourth-order valence-electron chi connectivity index (χ4n) is 3.89. The molecule has 1 fully saturated rings. The minimum absolute atomic E-state index is 0.0672. The maximum Gasteiger partial charge on any atom is 0.300 e. The van der Waals surface area contributed by atoms with E-state index in [1.807, 2.05) is 0 Å². The highest BCUT2D eigenvalue weighted by molar-refractivity contribution is 6.51.